The molecule has 0 saturated carbocycles. The number of carbonyl (C=O) groups is 1. The Labute approximate surface area is 166 Å². The summed E-state index contributed by atoms with van der Waals surface area (Å²) < 4.78 is 10.2. The quantitative estimate of drug-likeness (QED) is 0.525. The smallest absolute Gasteiger partial charge is 0.439 e. The lowest BCUT2D eigenvalue weighted by molar-refractivity contribution is -0.115. The summed E-state index contributed by atoms with van der Waals surface area (Å²) in [6.45, 7) is 6.37. The van der Waals surface area contributed by atoms with Gasteiger partial charge in [-0.25, -0.2) is 4.79 Å². The molecule has 0 bridgehead atoms. The molecule has 2 heterocycles. The van der Waals surface area contributed by atoms with Gasteiger partial charge in [-0.1, -0.05) is 31.1 Å². The number of aromatic amines is 1. The van der Waals surface area contributed by atoms with Crippen LogP contribution in [0.2, 0.25) is 0 Å². The molecule has 2 aromatic carbocycles. The average molecular weight is 391 g/mol. The van der Waals surface area contributed by atoms with Crippen molar-refractivity contribution in [1.82, 2.24) is 10.1 Å². The van der Waals surface area contributed by atoms with E-state index in [0.29, 0.717) is 23.0 Å². The van der Waals surface area contributed by atoms with E-state index in [1.54, 1.807) is 30.5 Å². The van der Waals surface area contributed by atoms with E-state index < -0.39 is 5.76 Å². The molecule has 0 aliphatic heterocycles. The van der Waals surface area contributed by atoms with Gasteiger partial charge in [-0.05, 0) is 48.2 Å². The number of hydrogen-bond donors (Lipinski definition) is 2. The van der Waals surface area contributed by atoms with Gasteiger partial charge in [0, 0.05) is 22.2 Å². The van der Waals surface area contributed by atoms with Crippen molar-refractivity contribution in [2.75, 3.05) is 5.32 Å². The molecule has 4 aromatic rings. The highest BCUT2D eigenvalue weighted by Gasteiger charge is 2.14. The SMILES string of the molecule is Cc1cc2occ(CC(=O)Nc3cccc(-c4noc(=O)[nH]4)c3)c2cc1C(C)C. The Bertz CT molecular complexity index is 1250. The molecular weight excluding hydrogens is 370 g/mol. The van der Waals surface area contributed by atoms with Crippen LogP contribution in [-0.4, -0.2) is 16.0 Å². The molecule has 0 saturated heterocycles. The summed E-state index contributed by atoms with van der Waals surface area (Å²) in [6, 6.07) is 11.2. The van der Waals surface area contributed by atoms with E-state index in [1.165, 1.54) is 11.1 Å². The van der Waals surface area contributed by atoms with E-state index in [1.807, 2.05) is 6.07 Å². The monoisotopic (exact) mass is 391 g/mol. The number of H-pyrrole nitrogens is 1. The van der Waals surface area contributed by atoms with E-state index in [9.17, 15) is 9.59 Å². The highest BCUT2D eigenvalue weighted by Crippen LogP contribution is 2.29. The van der Waals surface area contributed by atoms with Gasteiger partial charge in [-0.15, -0.1) is 0 Å². The minimum atomic E-state index is -0.628. The molecule has 2 aromatic heterocycles. The number of amides is 1. The Morgan fingerprint density at radius 3 is 2.79 bits per heavy atom. The number of furan rings is 1. The summed E-state index contributed by atoms with van der Waals surface area (Å²) in [6.07, 6.45) is 1.84. The molecular formula is C22H21N3O4. The minimum absolute atomic E-state index is 0.162. The van der Waals surface area contributed by atoms with Crippen molar-refractivity contribution in [2.24, 2.45) is 0 Å². The molecule has 0 spiro atoms. The predicted octanol–water partition coefficient (Wildman–Crippen LogP) is 4.39. The zero-order valence-corrected chi connectivity index (χ0v) is 16.4. The molecule has 2 N–H and O–H groups in total. The zero-order valence-electron chi connectivity index (χ0n) is 16.4. The van der Waals surface area contributed by atoms with Gasteiger partial charge in [-0.3, -0.25) is 14.3 Å². The van der Waals surface area contributed by atoms with E-state index in [0.717, 1.165) is 16.5 Å². The first-order chi connectivity index (χ1) is 13.9. The molecule has 148 valence electrons. The molecule has 29 heavy (non-hydrogen) atoms. The van der Waals surface area contributed by atoms with Crippen molar-refractivity contribution in [3.8, 4) is 11.4 Å². The molecule has 7 nitrogen and oxygen atoms in total. The van der Waals surface area contributed by atoms with Crippen LogP contribution in [0.3, 0.4) is 0 Å². The molecule has 0 fully saturated rings. The third-order valence-corrected chi connectivity index (χ3v) is 4.88. The lowest BCUT2D eigenvalue weighted by atomic mass is 9.95. The van der Waals surface area contributed by atoms with Crippen molar-refractivity contribution >= 4 is 22.6 Å². The molecule has 7 heteroatoms. The van der Waals surface area contributed by atoms with Gasteiger partial charge in [0.05, 0.1) is 12.7 Å². The predicted molar refractivity (Wildman–Crippen MR) is 110 cm³/mol. The zero-order chi connectivity index (χ0) is 20.5. The number of hydrogen-bond acceptors (Lipinski definition) is 5. The minimum Gasteiger partial charge on any atom is -0.464 e. The molecule has 0 radical (unpaired) electrons. The van der Waals surface area contributed by atoms with Gasteiger partial charge in [0.1, 0.15) is 5.58 Å². The largest absolute Gasteiger partial charge is 0.464 e. The molecule has 0 atom stereocenters. The molecule has 0 unspecified atom stereocenters. The van der Waals surface area contributed by atoms with Crippen LogP contribution >= 0.6 is 0 Å². The average Bonchev–Trinajstić information content (AvgIpc) is 3.27. The summed E-state index contributed by atoms with van der Waals surface area (Å²) in [7, 11) is 0. The number of nitrogens with zero attached hydrogens (tertiary/aromatic N) is 1. The second-order valence-corrected chi connectivity index (χ2v) is 7.37. The normalized spacial score (nSPS) is 11.3. The van der Waals surface area contributed by atoms with Crippen LogP contribution in [0.15, 0.2) is 56.4 Å². The van der Waals surface area contributed by atoms with E-state index >= 15 is 0 Å². The summed E-state index contributed by atoms with van der Waals surface area (Å²) in [5.41, 5.74) is 5.29. The Balaban J connectivity index is 1.55. The van der Waals surface area contributed by atoms with Crippen molar-refractivity contribution in [3.05, 3.63) is 69.9 Å². The van der Waals surface area contributed by atoms with Crippen LogP contribution in [-0.2, 0) is 11.2 Å². The lowest BCUT2D eigenvalue weighted by Crippen LogP contribution is -2.14. The standard InChI is InChI=1S/C22H21N3O4/c1-12(2)17-10-18-15(11-28-19(18)7-13(17)3)9-20(26)23-16-6-4-5-14(8-16)21-24-22(27)29-25-21/h4-8,10-12H,9H2,1-3H3,(H,23,26)(H,24,25,27). The summed E-state index contributed by atoms with van der Waals surface area (Å²) in [5, 5.41) is 7.50. The molecule has 4 rings (SSSR count). The Hall–Kier alpha value is -3.61. The summed E-state index contributed by atoms with van der Waals surface area (Å²) in [4.78, 5) is 26.2. The number of aryl methyl sites for hydroxylation is 1. The molecule has 0 aliphatic rings. The van der Waals surface area contributed by atoms with Crippen molar-refractivity contribution < 1.29 is 13.7 Å². The van der Waals surface area contributed by atoms with Crippen LogP contribution < -0.4 is 11.1 Å². The van der Waals surface area contributed by atoms with Crippen LogP contribution in [0.1, 0.15) is 36.5 Å². The van der Waals surface area contributed by atoms with Crippen molar-refractivity contribution in [3.63, 3.8) is 0 Å². The maximum absolute atomic E-state index is 12.6. The van der Waals surface area contributed by atoms with Crippen LogP contribution in [0, 0.1) is 6.92 Å². The highest BCUT2D eigenvalue weighted by molar-refractivity contribution is 5.96. The number of anilines is 1. The van der Waals surface area contributed by atoms with Gasteiger partial charge in [0.25, 0.3) is 0 Å². The van der Waals surface area contributed by atoms with Crippen molar-refractivity contribution in [2.45, 2.75) is 33.1 Å². The first kappa shape index (κ1) is 18.7. The fourth-order valence-corrected chi connectivity index (χ4v) is 3.48. The van der Waals surface area contributed by atoms with Gasteiger partial charge < -0.3 is 9.73 Å². The van der Waals surface area contributed by atoms with E-state index in [4.69, 9.17) is 4.42 Å². The number of aromatic nitrogens is 2. The number of nitrogens with one attached hydrogen (secondary N) is 2. The third-order valence-electron chi connectivity index (χ3n) is 4.88. The summed E-state index contributed by atoms with van der Waals surface area (Å²) in [5.74, 6) is -0.0901. The van der Waals surface area contributed by atoms with E-state index in [2.05, 4.69) is 46.8 Å². The topological polar surface area (TPSA) is 101 Å². The van der Waals surface area contributed by atoms with Gasteiger partial charge >= 0.3 is 5.76 Å². The first-order valence-corrected chi connectivity index (χ1v) is 9.37. The first-order valence-electron chi connectivity index (χ1n) is 9.37. The van der Waals surface area contributed by atoms with Gasteiger partial charge in [0.15, 0.2) is 5.82 Å². The lowest BCUT2D eigenvalue weighted by Gasteiger charge is -2.10. The fraction of sp³-hybridized carbons (Fsp3) is 0.227. The molecule has 0 aliphatic carbocycles. The third kappa shape index (κ3) is 3.85. The number of fused-ring (bicyclic) bond motifs is 1. The Morgan fingerprint density at radius 1 is 1.24 bits per heavy atom. The van der Waals surface area contributed by atoms with Gasteiger partial charge in [0.2, 0.25) is 5.91 Å². The maximum Gasteiger partial charge on any atom is 0.439 e. The molecule has 1 amide bonds. The maximum atomic E-state index is 12.6. The summed E-state index contributed by atoms with van der Waals surface area (Å²) >= 11 is 0. The van der Waals surface area contributed by atoms with Gasteiger partial charge in [-0.2, -0.15) is 0 Å². The van der Waals surface area contributed by atoms with Crippen LogP contribution in [0.5, 0.6) is 0 Å². The van der Waals surface area contributed by atoms with Crippen LogP contribution in [0.4, 0.5) is 5.69 Å². The highest BCUT2D eigenvalue weighted by atomic mass is 16.5. The number of carbonyl (C=O) groups excluding carboxylic acids is 1. The van der Waals surface area contributed by atoms with Crippen molar-refractivity contribution in [1.29, 1.82) is 0 Å². The number of benzene rings is 2. The van der Waals surface area contributed by atoms with E-state index in [-0.39, 0.29) is 12.3 Å². The second kappa shape index (κ2) is 7.43. The number of rotatable bonds is 5. The Morgan fingerprint density at radius 2 is 2.07 bits per heavy atom. The van der Waals surface area contributed by atoms with Crippen LogP contribution in [0.25, 0.3) is 22.4 Å². The fourth-order valence-electron chi connectivity index (χ4n) is 3.48. The second-order valence-electron chi connectivity index (χ2n) is 7.37. The Kier molecular flexibility index (Phi) is 4.80.